The first-order valence-electron chi connectivity index (χ1n) is 7.12. The Labute approximate surface area is 123 Å². The molecular formula is C16H23N2OSi. The van der Waals surface area contributed by atoms with Crippen LogP contribution in [-0.2, 0) is 11.6 Å². The maximum absolute atomic E-state index is 5.79. The van der Waals surface area contributed by atoms with Crippen molar-refractivity contribution in [1.29, 1.82) is 0 Å². The molecule has 0 N–H and O–H groups in total. The van der Waals surface area contributed by atoms with Crippen molar-refractivity contribution in [2.45, 2.75) is 38.8 Å². The van der Waals surface area contributed by atoms with Gasteiger partial charge in [0.25, 0.3) is 0 Å². The summed E-state index contributed by atoms with van der Waals surface area (Å²) in [6, 6.07) is 8.34. The fourth-order valence-electron chi connectivity index (χ4n) is 2.50. The molecule has 0 amide bonds. The van der Waals surface area contributed by atoms with Crippen molar-refractivity contribution in [2.24, 2.45) is 12.2 Å². The molecule has 2 aromatic rings. The molecule has 2 rings (SSSR count). The lowest BCUT2D eigenvalue weighted by molar-refractivity contribution is 0.332. The topological polar surface area (TPSA) is 26.5 Å². The number of nitrogens with zero attached hydrogens (tertiary/aromatic N) is 2. The molecular weight excluding hydrogens is 264 g/mol. The van der Waals surface area contributed by atoms with Crippen LogP contribution in [0, 0.1) is 0 Å². The number of hydrogen-bond donors (Lipinski definition) is 0. The fourth-order valence-corrected chi connectivity index (χ4v) is 4.43. The van der Waals surface area contributed by atoms with Gasteiger partial charge in [0.05, 0.1) is 6.21 Å². The molecule has 4 heteroatoms. The summed E-state index contributed by atoms with van der Waals surface area (Å²) in [5.41, 5.74) is 3.44. The van der Waals surface area contributed by atoms with Gasteiger partial charge in [-0.05, 0) is 17.1 Å². The molecule has 0 unspecified atom stereocenters. The second-order valence-corrected chi connectivity index (χ2v) is 9.05. The van der Waals surface area contributed by atoms with E-state index in [1.54, 1.807) is 0 Å². The average Bonchev–Trinajstić information content (AvgIpc) is 2.71. The van der Waals surface area contributed by atoms with Crippen LogP contribution in [0.3, 0.4) is 0 Å². The van der Waals surface area contributed by atoms with Crippen molar-refractivity contribution in [3.63, 3.8) is 0 Å². The van der Waals surface area contributed by atoms with Crippen molar-refractivity contribution in [3.05, 3.63) is 36.0 Å². The Morgan fingerprint density at radius 3 is 2.45 bits per heavy atom. The van der Waals surface area contributed by atoms with Crippen LogP contribution in [-0.4, -0.2) is 19.8 Å². The zero-order chi connectivity index (χ0) is 14.7. The molecule has 0 saturated carbocycles. The van der Waals surface area contributed by atoms with E-state index < -0.39 is 9.04 Å². The van der Waals surface area contributed by atoms with Crippen LogP contribution >= 0.6 is 0 Å². The minimum Gasteiger partial charge on any atom is -0.454 e. The number of aryl methyl sites for hydroxylation is 1. The maximum Gasteiger partial charge on any atom is 0.325 e. The Morgan fingerprint density at radius 2 is 1.80 bits per heavy atom. The summed E-state index contributed by atoms with van der Waals surface area (Å²) >= 11 is 0. The molecule has 0 aliphatic carbocycles. The van der Waals surface area contributed by atoms with Crippen LogP contribution in [0.4, 0.5) is 0 Å². The van der Waals surface area contributed by atoms with E-state index in [1.165, 1.54) is 10.9 Å². The average molecular weight is 287 g/mol. The number of para-hydroxylation sites is 1. The Hall–Kier alpha value is -1.55. The molecule has 1 heterocycles. The van der Waals surface area contributed by atoms with Gasteiger partial charge in [0.15, 0.2) is 0 Å². The standard InChI is InChI=1S/C16H23N2OSi/c1-12(2)20(13(3)4)19-17-10-14-11-18(5)16-9-7-6-8-15(14)16/h6-13H,1-5H3. The van der Waals surface area contributed by atoms with Crippen molar-refractivity contribution < 1.29 is 4.53 Å². The minimum atomic E-state index is -0.899. The molecule has 3 nitrogen and oxygen atoms in total. The van der Waals surface area contributed by atoms with Gasteiger partial charge in [0, 0.05) is 29.7 Å². The molecule has 20 heavy (non-hydrogen) atoms. The highest BCUT2D eigenvalue weighted by atomic mass is 28.3. The lowest BCUT2D eigenvalue weighted by Gasteiger charge is -2.18. The van der Waals surface area contributed by atoms with Gasteiger partial charge in [-0.25, -0.2) is 0 Å². The van der Waals surface area contributed by atoms with Crippen molar-refractivity contribution in [1.82, 2.24) is 4.57 Å². The number of benzene rings is 1. The van der Waals surface area contributed by atoms with Gasteiger partial charge in [0.2, 0.25) is 0 Å². The monoisotopic (exact) mass is 287 g/mol. The molecule has 0 aliphatic heterocycles. The number of aromatic nitrogens is 1. The highest BCUT2D eigenvalue weighted by Gasteiger charge is 2.24. The molecule has 0 fully saturated rings. The first-order valence-corrected chi connectivity index (χ1v) is 8.68. The van der Waals surface area contributed by atoms with Gasteiger partial charge >= 0.3 is 9.04 Å². The van der Waals surface area contributed by atoms with Crippen LogP contribution in [0.2, 0.25) is 11.1 Å². The van der Waals surface area contributed by atoms with Gasteiger partial charge in [-0.3, -0.25) is 0 Å². The summed E-state index contributed by atoms with van der Waals surface area (Å²) < 4.78 is 7.91. The molecule has 107 valence electrons. The van der Waals surface area contributed by atoms with Crippen molar-refractivity contribution >= 4 is 26.2 Å². The smallest absolute Gasteiger partial charge is 0.325 e. The van der Waals surface area contributed by atoms with Crippen LogP contribution in [0.15, 0.2) is 35.6 Å². The fraction of sp³-hybridized carbons (Fsp3) is 0.438. The van der Waals surface area contributed by atoms with E-state index in [2.05, 4.69) is 74.9 Å². The molecule has 1 aromatic heterocycles. The van der Waals surface area contributed by atoms with Gasteiger partial charge in [-0.2, -0.15) is 0 Å². The number of oxime groups is 1. The van der Waals surface area contributed by atoms with Gasteiger partial charge in [0.1, 0.15) is 0 Å². The molecule has 0 spiro atoms. The van der Waals surface area contributed by atoms with E-state index in [4.69, 9.17) is 4.53 Å². The number of hydrogen-bond acceptors (Lipinski definition) is 2. The van der Waals surface area contributed by atoms with E-state index in [0.29, 0.717) is 11.1 Å². The Bertz CT molecular complexity index is 594. The largest absolute Gasteiger partial charge is 0.454 e. The third-order valence-corrected chi connectivity index (χ3v) is 6.01. The molecule has 0 saturated heterocycles. The summed E-state index contributed by atoms with van der Waals surface area (Å²) in [6.45, 7) is 8.84. The second-order valence-electron chi connectivity index (χ2n) is 5.75. The predicted octanol–water partition coefficient (Wildman–Crippen LogP) is 4.34. The molecule has 1 radical (unpaired) electrons. The van der Waals surface area contributed by atoms with E-state index in [9.17, 15) is 0 Å². The number of rotatable bonds is 5. The van der Waals surface area contributed by atoms with Crippen molar-refractivity contribution in [3.8, 4) is 0 Å². The summed E-state index contributed by atoms with van der Waals surface area (Å²) in [4.78, 5) is 0. The van der Waals surface area contributed by atoms with Gasteiger partial charge in [-0.15, -0.1) is 5.16 Å². The number of fused-ring (bicyclic) bond motifs is 1. The van der Waals surface area contributed by atoms with Crippen LogP contribution in [0.25, 0.3) is 10.9 Å². The summed E-state index contributed by atoms with van der Waals surface area (Å²) in [7, 11) is 1.15. The second kappa shape index (κ2) is 6.26. The van der Waals surface area contributed by atoms with E-state index in [0.717, 1.165) is 5.56 Å². The lowest BCUT2D eigenvalue weighted by Crippen LogP contribution is -2.23. The van der Waals surface area contributed by atoms with E-state index in [1.807, 2.05) is 6.21 Å². The summed E-state index contributed by atoms with van der Waals surface area (Å²) in [6.07, 6.45) is 3.94. The third kappa shape index (κ3) is 3.12. The molecule has 0 atom stereocenters. The Balaban J connectivity index is 2.18. The van der Waals surface area contributed by atoms with Gasteiger partial charge < -0.3 is 9.09 Å². The third-order valence-electron chi connectivity index (χ3n) is 3.42. The van der Waals surface area contributed by atoms with Crippen molar-refractivity contribution in [2.75, 3.05) is 0 Å². The quantitative estimate of drug-likeness (QED) is 0.456. The summed E-state index contributed by atoms with van der Waals surface area (Å²) in [5.74, 6) is 0. The van der Waals surface area contributed by atoms with Crippen LogP contribution in [0.5, 0.6) is 0 Å². The molecule has 0 bridgehead atoms. The van der Waals surface area contributed by atoms with E-state index >= 15 is 0 Å². The highest BCUT2D eigenvalue weighted by molar-refractivity contribution is 6.54. The summed E-state index contributed by atoms with van der Waals surface area (Å²) in [5, 5.41) is 5.47. The first kappa shape index (κ1) is 14.8. The minimum absolute atomic E-state index is 0.560. The zero-order valence-corrected chi connectivity index (χ0v) is 13.9. The zero-order valence-electron chi connectivity index (χ0n) is 12.9. The Morgan fingerprint density at radius 1 is 1.15 bits per heavy atom. The first-order chi connectivity index (χ1) is 9.50. The normalized spacial score (nSPS) is 12.4. The maximum atomic E-state index is 5.79. The predicted molar refractivity (Wildman–Crippen MR) is 87.5 cm³/mol. The molecule has 0 aliphatic rings. The van der Waals surface area contributed by atoms with Crippen LogP contribution in [0.1, 0.15) is 33.3 Å². The lowest BCUT2D eigenvalue weighted by atomic mass is 10.2. The Kier molecular flexibility index (Phi) is 4.65. The highest BCUT2D eigenvalue weighted by Crippen LogP contribution is 2.22. The van der Waals surface area contributed by atoms with Crippen LogP contribution < -0.4 is 0 Å². The van der Waals surface area contributed by atoms with Gasteiger partial charge in [-0.1, -0.05) is 45.9 Å². The van der Waals surface area contributed by atoms with E-state index in [-0.39, 0.29) is 0 Å². The molecule has 1 aromatic carbocycles. The SMILES string of the molecule is CC(C)[Si](ON=Cc1cn(C)c2ccccc12)C(C)C.